The molecule has 1 aliphatic rings. The van der Waals surface area contributed by atoms with Gasteiger partial charge in [0.05, 0.1) is 11.8 Å². The van der Waals surface area contributed by atoms with E-state index >= 15 is 0 Å². The minimum absolute atomic E-state index is 0.274. The highest BCUT2D eigenvalue weighted by atomic mass is 16.3. The predicted octanol–water partition coefficient (Wildman–Crippen LogP) is 0.599. The molecule has 2 atom stereocenters. The molecule has 0 radical (unpaired) electrons. The number of aliphatic hydroxyl groups is 1. The van der Waals surface area contributed by atoms with Gasteiger partial charge < -0.3 is 10.8 Å². The van der Waals surface area contributed by atoms with Gasteiger partial charge in [0.1, 0.15) is 12.1 Å². The van der Waals surface area contributed by atoms with Crippen molar-refractivity contribution in [1.82, 2.24) is 9.97 Å². The minimum Gasteiger partial charge on any atom is -0.387 e. The van der Waals surface area contributed by atoms with Gasteiger partial charge in [-0.3, -0.25) is 0 Å². The molecule has 1 aliphatic carbocycles. The second-order valence-corrected chi connectivity index (χ2v) is 3.21. The highest BCUT2D eigenvalue weighted by Crippen LogP contribution is 2.40. The van der Waals surface area contributed by atoms with Gasteiger partial charge in [0, 0.05) is 5.56 Å². The van der Waals surface area contributed by atoms with Gasteiger partial charge in [-0.05, 0) is 12.3 Å². The lowest BCUT2D eigenvalue weighted by atomic mass is 10.1. The molecule has 0 fully saturated rings. The molecule has 0 saturated carbocycles. The first-order chi connectivity index (χ1) is 5.70. The number of fused-ring (bicyclic) bond motifs is 1. The van der Waals surface area contributed by atoms with Gasteiger partial charge >= 0.3 is 0 Å². The van der Waals surface area contributed by atoms with Crippen LogP contribution in [0.15, 0.2) is 6.33 Å². The van der Waals surface area contributed by atoms with E-state index < -0.39 is 6.10 Å². The lowest BCUT2D eigenvalue weighted by Crippen LogP contribution is -2.01. The van der Waals surface area contributed by atoms with Gasteiger partial charge in [-0.1, -0.05) is 6.92 Å². The van der Waals surface area contributed by atoms with Gasteiger partial charge in [-0.25, -0.2) is 9.97 Å². The van der Waals surface area contributed by atoms with Crippen molar-refractivity contribution in [1.29, 1.82) is 0 Å². The van der Waals surface area contributed by atoms with E-state index in [4.69, 9.17) is 5.73 Å². The largest absolute Gasteiger partial charge is 0.387 e. The Kier molecular flexibility index (Phi) is 1.51. The molecule has 12 heavy (non-hydrogen) atoms. The first kappa shape index (κ1) is 7.49. The van der Waals surface area contributed by atoms with Crippen LogP contribution in [0.3, 0.4) is 0 Å². The van der Waals surface area contributed by atoms with E-state index in [-0.39, 0.29) is 5.92 Å². The third-order valence-electron chi connectivity index (χ3n) is 2.33. The number of rotatable bonds is 0. The molecule has 64 valence electrons. The Labute approximate surface area is 70.5 Å². The average molecular weight is 165 g/mol. The molecular formula is C8H11N3O. The van der Waals surface area contributed by atoms with Crippen LogP contribution in [0, 0.1) is 0 Å². The second-order valence-electron chi connectivity index (χ2n) is 3.21. The van der Waals surface area contributed by atoms with E-state index in [0.29, 0.717) is 17.9 Å². The third kappa shape index (κ3) is 0.881. The Morgan fingerprint density at radius 2 is 2.33 bits per heavy atom. The average Bonchev–Trinajstić information content (AvgIpc) is 2.29. The first-order valence-corrected chi connectivity index (χ1v) is 3.98. The summed E-state index contributed by atoms with van der Waals surface area (Å²) in [4.78, 5) is 7.90. The number of nitrogens with zero attached hydrogens (tertiary/aromatic N) is 2. The van der Waals surface area contributed by atoms with Crippen molar-refractivity contribution < 1.29 is 5.11 Å². The molecule has 0 aliphatic heterocycles. The van der Waals surface area contributed by atoms with Crippen molar-refractivity contribution in [2.24, 2.45) is 0 Å². The van der Waals surface area contributed by atoms with E-state index in [0.717, 1.165) is 5.56 Å². The summed E-state index contributed by atoms with van der Waals surface area (Å²) in [5.41, 5.74) is 7.29. The summed E-state index contributed by atoms with van der Waals surface area (Å²) in [6, 6.07) is 0. The summed E-state index contributed by atoms with van der Waals surface area (Å²) in [6.07, 6.45) is 1.65. The molecule has 3 N–H and O–H groups in total. The van der Waals surface area contributed by atoms with E-state index in [1.807, 2.05) is 6.92 Å². The molecule has 1 aromatic rings. The zero-order valence-corrected chi connectivity index (χ0v) is 6.86. The van der Waals surface area contributed by atoms with Crippen molar-refractivity contribution in [2.45, 2.75) is 25.4 Å². The number of aromatic nitrogens is 2. The molecular weight excluding hydrogens is 154 g/mol. The number of nitrogen functional groups attached to an aromatic ring is 1. The Morgan fingerprint density at radius 3 is 3.00 bits per heavy atom. The van der Waals surface area contributed by atoms with Crippen LogP contribution in [0.2, 0.25) is 0 Å². The van der Waals surface area contributed by atoms with E-state index in [2.05, 4.69) is 9.97 Å². The molecule has 0 saturated heterocycles. The Morgan fingerprint density at radius 1 is 1.58 bits per heavy atom. The maximum Gasteiger partial charge on any atom is 0.130 e. The lowest BCUT2D eigenvalue weighted by molar-refractivity contribution is 0.170. The van der Waals surface area contributed by atoms with Gasteiger partial charge in [-0.15, -0.1) is 0 Å². The molecule has 0 unspecified atom stereocenters. The van der Waals surface area contributed by atoms with Gasteiger partial charge in [0.25, 0.3) is 0 Å². The standard InChI is InChI=1S/C8H11N3O/c1-4-2-5(12)7-6(4)8(9)11-3-10-7/h3-5,12H,2H2,1H3,(H2,9,10,11)/t4-,5+/m1/s1. The fraction of sp³-hybridized carbons (Fsp3) is 0.500. The number of aliphatic hydroxyl groups excluding tert-OH is 1. The smallest absolute Gasteiger partial charge is 0.130 e. The fourth-order valence-corrected chi connectivity index (χ4v) is 1.76. The van der Waals surface area contributed by atoms with Crippen molar-refractivity contribution in [3.8, 4) is 0 Å². The summed E-state index contributed by atoms with van der Waals surface area (Å²) in [6.45, 7) is 2.02. The first-order valence-electron chi connectivity index (χ1n) is 3.98. The minimum atomic E-state index is -0.458. The van der Waals surface area contributed by atoms with Crippen LogP contribution in [0.1, 0.15) is 36.6 Å². The Balaban J connectivity index is 2.59. The number of hydrogen-bond donors (Lipinski definition) is 2. The topological polar surface area (TPSA) is 72.0 Å². The summed E-state index contributed by atoms with van der Waals surface area (Å²) < 4.78 is 0. The molecule has 4 nitrogen and oxygen atoms in total. The number of hydrogen-bond acceptors (Lipinski definition) is 4. The van der Waals surface area contributed by atoms with Crippen LogP contribution in [0.4, 0.5) is 5.82 Å². The Bertz CT molecular complexity index is 313. The predicted molar refractivity (Wildman–Crippen MR) is 44.4 cm³/mol. The summed E-state index contributed by atoms with van der Waals surface area (Å²) in [5.74, 6) is 0.778. The van der Waals surface area contributed by atoms with Crippen LogP contribution in [0.5, 0.6) is 0 Å². The molecule has 2 rings (SSSR count). The van der Waals surface area contributed by atoms with Crippen molar-refractivity contribution >= 4 is 5.82 Å². The van der Waals surface area contributed by atoms with Gasteiger partial charge in [-0.2, -0.15) is 0 Å². The molecule has 4 heteroatoms. The molecule has 0 aromatic carbocycles. The molecule has 0 amide bonds. The highest BCUT2D eigenvalue weighted by Gasteiger charge is 2.30. The fourth-order valence-electron chi connectivity index (χ4n) is 1.76. The quantitative estimate of drug-likeness (QED) is 0.590. The monoisotopic (exact) mass is 165 g/mol. The molecule has 1 aromatic heterocycles. The maximum absolute atomic E-state index is 9.53. The van der Waals surface area contributed by atoms with Gasteiger partial charge in [0.15, 0.2) is 0 Å². The van der Waals surface area contributed by atoms with Gasteiger partial charge in [0.2, 0.25) is 0 Å². The van der Waals surface area contributed by atoms with E-state index in [9.17, 15) is 5.11 Å². The van der Waals surface area contributed by atoms with Crippen LogP contribution in [0.25, 0.3) is 0 Å². The number of anilines is 1. The normalized spacial score (nSPS) is 27.2. The third-order valence-corrected chi connectivity index (χ3v) is 2.33. The second kappa shape index (κ2) is 2.42. The zero-order valence-electron chi connectivity index (χ0n) is 6.86. The summed E-state index contributed by atoms with van der Waals surface area (Å²) in [5, 5.41) is 9.53. The van der Waals surface area contributed by atoms with Crippen LogP contribution >= 0.6 is 0 Å². The van der Waals surface area contributed by atoms with Crippen LogP contribution < -0.4 is 5.73 Å². The summed E-state index contributed by atoms with van der Waals surface area (Å²) in [7, 11) is 0. The van der Waals surface area contributed by atoms with Crippen molar-refractivity contribution in [3.05, 3.63) is 17.6 Å². The molecule has 0 bridgehead atoms. The van der Waals surface area contributed by atoms with E-state index in [1.165, 1.54) is 6.33 Å². The van der Waals surface area contributed by atoms with Crippen LogP contribution in [-0.2, 0) is 0 Å². The highest BCUT2D eigenvalue weighted by molar-refractivity contribution is 5.47. The van der Waals surface area contributed by atoms with Crippen molar-refractivity contribution in [2.75, 3.05) is 5.73 Å². The SMILES string of the molecule is C[C@@H]1C[C@H](O)c2ncnc(N)c21. The van der Waals surface area contributed by atoms with Crippen LogP contribution in [-0.4, -0.2) is 15.1 Å². The van der Waals surface area contributed by atoms with Crippen molar-refractivity contribution in [3.63, 3.8) is 0 Å². The number of nitrogens with two attached hydrogens (primary N) is 1. The summed E-state index contributed by atoms with van der Waals surface area (Å²) >= 11 is 0. The molecule has 1 heterocycles. The Hall–Kier alpha value is -1.16. The lowest BCUT2D eigenvalue weighted by Gasteiger charge is -2.04. The molecule has 0 spiro atoms. The zero-order chi connectivity index (χ0) is 8.72. The maximum atomic E-state index is 9.53. The van der Waals surface area contributed by atoms with E-state index in [1.54, 1.807) is 0 Å².